The predicted octanol–water partition coefficient (Wildman–Crippen LogP) is 2.80. The Morgan fingerprint density at radius 3 is 2.55 bits per heavy atom. The fourth-order valence-electron chi connectivity index (χ4n) is 3.23. The maximum Gasteiger partial charge on any atom is 0.248 e. The molecule has 20 heavy (non-hydrogen) atoms. The first kappa shape index (κ1) is 15.7. The Hall–Kier alpha value is -0.710. The molecule has 116 valence electrons. The second-order valence-electron chi connectivity index (χ2n) is 6.33. The van der Waals surface area contributed by atoms with Gasteiger partial charge in [-0.15, -0.1) is 0 Å². The van der Waals surface area contributed by atoms with Gasteiger partial charge < -0.3 is 10.2 Å². The second kappa shape index (κ2) is 6.83. The second-order valence-corrected chi connectivity index (χ2v) is 6.33. The summed E-state index contributed by atoms with van der Waals surface area (Å²) in [5, 5.41) is 3.47. The van der Waals surface area contributed by atoms with E-state index >= 15 is 0 Å². The van der Waals surface area contributed by atoms with E-state index in [0.29, 0.717) is 18.9 Å². The summed E-state index contributed by atoms with van der Waals surface area (Å²) in [4.78, 5) is 14.0. The van der Waals surface area contributed by atoms with E-state index in [-0.39, 0.29) is 24.7 Å². The molecule has 1 atom stereocenters. The van der Waals surface area contributed by atoms with Gasteiger partial charge >= 0.3 is 0 Å². The van der Waals surface area contributed by atoms with E-state index in [2.05, 4.69) is 5.32 Å². The smallest absolute Gasteiger partial charge is 0.248 e. The highest BCUT2D eigenvalue weighted by molar-refractivity contribution is 5.78. The van der Waals surface area contributed by atoms with Gasteiger partial charge in [-0.05, 0) is 38.6 Å². The van der Waals surface area contributed by atoms with Crippen LogP contribution in [0, 0.1) is 5.92 Å². The third kappa shape index (κ3) is 4.40. The number of nitrogens with zero attached hydrogens (tertiary/aromatic N) is 1. The van der Waals surface area contributed by atoms with Crippen molar-refractivity contribution in [1.29, 1.82) is 0 Å². The molecule has 0 spiro atoms. The van der Waals surface area contributed by atoms with E-state index in [1.165, 1.54) is 19.3 Å². The first-order valence-electron chi connectivity index (χ1n) is 7.84. The number of halogens is 2. The topological polar surface area (TPSA) is 32.3 Å². The molecule has 1 aliphatic carbocycles. The first-order chi connectivity index (χ1) is 9.48. The van der Waals surface area contributed by atoms with Gasteiger partial charge in [-0.25, -0.2) is 8.78 Å². The van der Waals surface area contributed by atoms with Crippen molar-refractivity contribution in [2.24, 2.45) is 5.92 Å². The summed E-state index contributed by atoms with van der Waals surface area (Å²) in [5.74, 6) is -2.70. The van der Waals surface area contributed by atoms with Crippen LogP contribution < -0.4 is 5.32 Å². The van der Waals surface area contributed by atoms with Crippen molar-refractivity contribution in [3.05, 3.63) is 0 Å². The molecule has 1 amide bonds. The fourth-order valence-corrected chi connectivity index (χ4v) is 3.23. The predicted molar refractivity (Wildman–Crippen MR) is 74.8 cm³/mol. The van der Waals surface area contributed by atoms with Crippen molar-refractivity contribution in [2.75, 3.05) is 20.1 Å². The Morgan fingerprint density at radius 2 is 1.95 bits per heavy atom. The van der Waals surface area contributed by atoms with E-state index in [4.69, 9.17) is 0 Å². The number of carbonyl (C=O) groups excluding carboxylic acids is 1. The number of hydrogen-bond acceptors (Lipinski definition) is 2. The van der Waals surface area contributed by atoms with Crippen LogP contribution in [0.15, 0.2) is 0 Å². The summed E-state index contributed by atoms with van der Waals surface area (Å²) >= 11 is 0. The molecule has 0 aromatic heterocycles. The van der Waals surface area contributed by atoms with Crippen LogP contribution in [0.25, 0.3) is 0 Å². The van der Waals surface area contributed by atoms with E-state index in [1.54, 1.807) is 11.9 Å². The highest BCUT2D eigenvalue weighted by atomic mass is 19.3. The molecule has 1 N–H and O–H groups in total. The van der Waals surface area contributed by atoms with Gasteiger partial charge in [0.2, 0.25) is 11.8 Å². The van der Waals surface area contributed by atoms with E-state index in [9.17, 15) is 13.6 Å². The number of alkyl halides is 2. The monoisotopic (exact) mass is 288 g/mol. The number of hydrogen-bond donors (Lipinski definition) is 1. The lowest BCUT2D eigenvalue weighted by molar-refractivity contribution is -0.138. The van der Waals surface area contributed by atoms with Crippen LogP contribution in [0.5, 0.6) is 0 Å². The minimum absolute atomic E-state index is 0.0521. The molecule has 2 rings (SSSR count). The van der Waals surface area contributed by atoms with Crippen molar-refractivity contribution in [1.82, 2.24) is 10.2 Å². The Morgan fingerprint density at radius 1 is 1.25 bits per heavy atom. The largest absolute Gasteiger partial charge is 0.345 e. The van der Waals surface area contributed by atoms with Crippen molar-refractivity contribution < 1.29 is 13.6 Å². The van der Waals surface area contributed by atoms with Crippen molar-refractivity contribution in [2.45, 2.75) is 63.3 Å². The minimum Gasteiger partial charge on any atom is -0.345 e. The Labute approximate surface area is 120 Å². The normalized spacial score (nSPS) is 27.2. The SMILES string of the molecule is CN(CCC1CCCCN1)C(=O)C1CCC(F)(F)CC1. The first-order valence-corrected chi connectivity index (χ1v) is 7.84. The number of amides is 1. The quantitative estimate of drug-likeness (QED) is 0.862. The molecular weight excluding hydrogens is 262 g/mol. The van der Waals surface area contributed by atoms with Gasteiger partial charge in [0.05, 0.1) is 0 Å². The summed E-state index contributed by atoms with van der Waals surface area (Å²) in [6, 6.07) is 0.509. The van der Waals surface area contributed by atoms with Crippen LogP contribution in [0.2, 0.25) is 0 Å². The molecule has 1 saturated heterocycles. The Kier molecular flexibility index (Phi) is 5.35. The van der Waals surface area contributed by atoms with Crippen molar-refractivity contribution >= 4 is 5.91 Å². The standard InChI is InChI=1S/C15H26F2N2O/c1-19(11-7-13-4-2-3-10-18-13)14(20)12-5-8-15(16,17)9-6-12/h12-13,18H,2-11H2,1H3. The molecule has 0 bridgehead atoms. The zero-order valence-corrected chi connectivity index (χ0v) is 12.3. The zero-order valence-electron chi connectivity index (χ0n) is 12.3. The van der Waals surface area contributed by atoms with Crippen molar-refractivity contribution in [3.63, 3.8) is 0 Å². The third-order valence-electron chi connectivity index (χ3n) is 4.67. The van der Waals surface area contributed by atoms with Gasteiger partial charge in [0.15, 0.2) is 0 Å². The molecule has 0 aromatic carbocycles. The molecule has 1 aliphatic heterocycles. The Balaban J connectivity index is 1.71. The number of carbonyl (C=O) groups is 1. The zero-order chi connectivity index (χ0) is 14.6. The molecule has 1 heterocycles. The van der Waals surface area contributed by atoms with Crippen LogP contribution in [0.1, 0.15) is 51.4 Å². The summed E-state index contributed by atoms with van der Waals surface area (Å²) in [6.45, 7) is 1.80. The lowest BCUT2D eigenvalue weighted by atomic mass is 9.86. The lowest BCUT2D eigenvalue weighted by Gasteiger charge is -2.31. The van der Waals surface area contributed by atoms with Gasteiger partial charge in [0.1, 0.15) is 0 Å². The minimum atomic E-state index is -2.55. The van der Waals surface area contributed by atoms with Gasteiger partial charge in [0, 0.05) is 38.4 Å². The molecule has 1 saturated carbocycles. The van der Waals surface area contributed by atoms with Crippen LogP contribution in [-0.2, 0) is 4.79 Å². The van der Waals surface area contributed by atoms with Crippen LogP contribution in [0.4, 0.5) is 8.78 Å². The van der Waals surface area contributed by atoms with Gasteiger partial charge in [-0.3, -0.25) is 4.79 Å². The maximum atomic E-state index is 13.1. The Bertz CT molecular complexity index is 320. The van der Waals surface area contributed by atoms with Crippen LogP contribution in [0.3, 0.4) is 0 Å². The highest BCUT2D eigenvalue weighted by Crippen LogP contribution is 2.36. The van der Waals surface area contributed by atoms with Gasteiger partial charge in [-0.1, -0.05) is 6.42 Å². The van der Waals surface area contributed by atoms with Crippen molar-refractivity contribution in [3.8, 4) is 0 Å². The average molecular weight is 288 g/mol. The van der Waals surface area contributed by atoms with Gasteiger partial charge in [0.25, 0.3) is 0 Å². The van der Waals surface area contributed by atoms with Crippen LogP contribution >= 0.6 is 0 Å². The molecule has 0 radical (unpaired) electrons. The third-order valence-corrected chi connectivity index (χ3v) is 4.67. The molecular formula is C15H26F2N2O. The maximum absolute atomic E-state index is 13.1. The summed E-state index contributed by atoms with van der Waals surface area (Å²) in [5.41, 5.74) is 0. The molecule has 3 nitrogen and oxygen atoms in total. The van der Waals surface area contributed by atoms with E-state index < -0.39 is 5.92 Å². The molecule has 5 heteroatoms. The summed E-state index contributed by atoms with van der Waals surface area (Å²) < 4.78 is 26.2. The number of rotatable bonds is 4. The van der Waals surface area contributed by atoms with E-state index in [0.717, 1.165) is 19.5 Å². The summed E-state index contributed by atoms with van der Waals surface area (Å²) in [6.07, 6.45) is 5.02. The molecule has 2 fully saturated rings. The number of piperidine rings is 1. The van der Waals surface area contributed by atoms with Crippen LogP contribution in [-0.4, -0.2) is 42.9 Å². The average Bonchev–Trinajstić information content (AvgIpc) is 2.45. The molecule has 2 aliphatic rings. The lowest BCUT2D eigenvalue weighted by Crippen LogP contribution is -2.41. The molecule has 0 aromatic rings. The highest BCUT2D eigenvalue weighted by Gasteiger charge is 2.38. The fraction of sp³-hybridized carbons (Fsp3) is 0.933. The van der Waals surface area contributed by atoms with E-state index in [1.807, 2.05) is 0 Å². The van der Waals surface area contributed by atoms with Gasteiger partial charge in [-0.2, -0.15) is 0 Å². The number of nitrogens with one attached hydrogen (secondary N) is 1. The molecule has 1 unspecified atom stereocenters. The summed E-state index contributed by atoms with van der Waals surface area (Å²) in [7, 11) is 1.80.